The highest BCUT2D eigenvalue weighted by atomic mass is 16.5. The van der Waals surface area contributed by atoms with Crippen LogP contribution in [0.2, 0.25) is 0 Å². The van der Waals surface area contributed by atoms with Gasteiger partial charge in [0.15, 0.2) is 5.82 Å². The molecular formula is C17H18N4O2. The van der Waals surface area contributed by atoms with Gasteiger partial charge in [-0.3, -0.25) is 9.48 Å². The van der Waals surface area contributed by atoms with Gasteiger partial charge < -0.3 is 9.84 Å². The molecule has 0 fully saturated rings. The molecule has 6 heteroatoms. The molecule has 0 saturated carbocycles. The van der Waals surface area contributed by atoms with Crippen molar-refractivity contribution in [3.63, 3.8) is 0 Å². The lowest BCUT2D eigenvalue weighted by Gasteiger charge is -2.03. The SMILES string of the molecule is Cc1noc(C)c1Cn1ccc(NC(=O)Cc2ccccc2)n1. The van der Waals surface area contributed by atoms with E-state index in [0.717, 1.165) is 22.6 Å². The number of aromatic nitrogens is 3. The molecule has 1 amide bonds. The molecule has 1 N–H and O–H groups in total. The summed E-state index contributed by atoms with van der Waals surface area (Å²) in [6.45, 7) is 4.34. The molecule has 0 atom stereocenters. The molecule has 0 unspecified atom stereocenters. The lowest BCUT2D eigenvalue weighted by molar-refractivity contribution is -0.115. The Bertz CT molecular complexity index is 786. The maximum atomic E-state index is 12.0. The molecule has 3 rings (SSSR count). The first-order valence-corrected chi connectivity index (χ1v) is 7.41. The van der Waals surface area contributed by atoms with E-state index in [1.54, 1.807) is 10.7 Å². The fraction of sp³-hybridized carbons (Fsp3) is 0.235. The molecule has 0 aliphatic carbocycles. The van der Waals surface area contributed by atoms with Crippen LogP contribution in [-0.2, 0) is 17.8 Å². The summed E-state index contributed by atoms with van der Waals surface area (Å²) in [5.41, 5.74) is 2.84. The van der Waals surface area contributed by atoms with Gasteiger partial charge in [-0.1, -0.05) is 35.5 Å². The lowest BCUT2D eigenvalue weighted by atomic mass is 10.1. The number of amides is 1. The number of benzene rings is 1. The van der Waals surface area contributed by atoms with E-state index in [1.165, 1.54) is 0 Å². The summed E-state index contributed by atoms with van der Waals surface area (Å²) < 4.78 is 6.90. The Morgan fingerprint density at radius 2 is 2.00 bits per heavy atom. The van der Waals surface area contributed by atoms with Crippen molar-refractivity contribution in [1.29, 1.82) is 0 Å². The number of hydrogen-bond donors (Lipinski definition) is 1. The average Bonchev–Trinajstić information content (AvgIpc) is 3.10. The number of hydrogen-bond acceptors (Lipinski definition) is 4. The number of carbonyl (C=O) groups is 1. The number of nitrogens with one attached hydrogen (secondary N) is 1. The number of nitrogens with zero attached hydrogens (tertiary/aromatic N) is 3. The highest BCUT2D eigenvalue weighted by Gasteiger charge is 2.11. The Morgan fingerprint density at radius 3 is 2.70 bits per heavy atom. The van der Waals surface area contributed by atoms with Crippen LogP contribution in [0.4, 0.5) is 5.82 Å². The van der Waals surface area contributed by atoms with Gasteiger partial charge in [0, 0.05) is 17.8 Å². The largest absolute Gasteiger partial charge is 0.361 e. The first-order valence-electron chi connectivity index (χ1n) is 7.41. The molecule has 0 saturated heterocycles. The standard InChI is InChI=1S/C17H18N4O2/c1-12-15(13(2)23-20-12)11-21-9-8-16(19-21)18-17(22)10-14-6-4-3-5-7-14/h3-9H,10-11H2,1-2H3,(H,18,19,22). The summed E-state index contributed by atoms with van der Waals surface area (Å²) in [5.74, 6) is 1.24. The van der Waals surface area contributed by atoms with E-state index in [1.807, 2.05) is 50.4 Å². The predicted molar refractivity (Wildman–Crippen MR) is 86.1 cm³/mol. The summed E-state index contributed by atoms with van der Waals surface area (Å²) in [5, 5.41) is 11.1. The van der Waals surface area contributed by atoms with Gasteiger partial charge in [0.1, 0.15) is 5.76 Å². The fourth-order valence-corrected chi connectivity index (χ4v) is 2.37. The van der Waals surface area contributed by atoms with E-state index in [4.69, 9.17) is 4.52 Å². The Kier molecular flexibility index (Phi) is 4.23. The van der Waals surface area contributed by atoms with Crippen molar-refractivity contribution in [2.75, 3.05) is 5.32 Å². The number of rotatable bonds is 5. The third-order valence-electron chi connectivity index (χ3n) is 3.62. The first-order chi connectivity index (χ1) is 11.1. The van der Waals surface area contributed by atoms with Gasteiger partial charge >= 0.3 is 0 Å². The summed E-state index contributed by atoms with van der Waals surface area (Å²) in [6, 6.07) is 11.4. The van der Waals surface area contributed by atoms with Crippen molar-refractivity contribution in [3.05, 3.63) is 65.2 Å². The molecule has 0 radical (unpaired) electrons. The Balaban J connectivity index is 1.62. The fourth-order valence-electron chi connectivity index (χ4n) is 2.37. The summed E-state index contributed by atoms with van der Waals surface area (Å²) >= 11 is 0. The number of carbonyl (C=O) groups excluding carboxylic acids is 1. The second kappa shape index (κ2) is 6.48. The van der Waals surface area contributed by atoms with Crippen molar-refractivity contribution < 1.29 is 9.32 Å². The van der Waals surface area contributed by atoms with Gasteiger partial charge in [-0.05, 0) is 19.4 Å². The molecule has 118 valence electrons. The van der Waals surface area contributed by atoms with Crippen molar-refractivity contribution in [2.24, 2.45) is 0 Å². The number of aryl methyl sites for hydroxylation is 2. The smallest absolute Gasteiger partial charge is 0.229 e. The molecule has 6 nitrogen and oxygen atoms in total. The zero-order valence-corrected chi connectivity index (χ0v) is 13.1. The molecule has 2 aromatic heterocycles. The third kappa shape index (κ3) is 3.66. The molecule has 0 aliphatic rings. The van der Waals surface area contributed by atoms with Crippen LogP contribution in [0.15, 0.2) is 47.1 Å². The Morgan fingerprint density at radius 1 is 1.22 bits per heavy atom. The maximum absolute atomic E-state index is 12.0. The maximum Gasteiger partial charge on any atom is 0.229 e. The topological polar surface area (TPSA) is 73.0 Å². The van der Waals surface area contributed by atoms with Crippen molar-refractivity contribution in [2.45, 2.75) is 26.8 Å². The van der Waals surface area contributed by atoms with Crippen LogP contribution in [0, 0.1) is 13.8 Å². The van der Waals surface area contributed by atoms with E-state index < -0.39 is 0 Å². The average molecular weight is 310 g/mol. The van der Waals surface area contributed by atoms with E-state index in [2.05, 4.69) is 15.6 Å². The van der Waals surface area contributed by atoms with E-state index in [0.29, 0.717) is 18.8 Å². The van der Waals surface area contributed by atoms with Gasteiger partial charge in [-0.2, -0.15) is 5.10 Å². The van der Waals surface area contributed by atoms with Crippen LogP contribution in [0.5, 0.6) is 0 Å². The molecule has 23 heavy (non-hydrogen) atoms. The van der Waals surface area contributed by atoms with Gasteiger partial charge in [0.05, 0.1) is 18.7 Å². The summed E-state index contributed by atoms with van der Waals surface area (Å²) in [6.07, 6.45) is 2.15. The van der Waals surface area contributed by atoms with Crippen LogP contribution in [0.25, 0.3) is 0 Å². The lowest BCUT2D eigenvalue weighted by Crippen LogP contribution is -2.15. The van der Waals surface area contributed by atoms with Gasteiger partial charge in [-0.15, -0.1) is 0 Å². The first kappa shape index (κ1) is 15.0. The monoisotopic (exact) mass is 310 g/mol. The quantitative estimate of drug-likeness (QED) is 0.786. The minimum absolute atomic E-state index is 0.0845. The minimum Gasteiger partial charge on any atom is -0.361 e. The Hall–Kier alpha value is -2.89. The van der Waals surface area contributed by atoms with Crippen LogP contribution >= 0.6 is 0 Å². The zero-order chi connectivity index (χ0) is 16.2. The molecule has 0 aliphatic heterocycles. The molecular weight excluding hydrogens is 292 g/mol. The zero-order valence-electron chi connectivity index (χ0n) is 13.1. The van der Waals surface area contributed by atoms with Crippen molar-refractivity contribution >= 4 is 11.7 Å². The normalized spacial score (nSPS) is 10.7. The van der Waals surface area contributed by atoms with Gasteiger partial charge in [-0.25, -0.2) is 0 Å². The van der Waals surface area contributed by atoms with Crippen molar-refractivity contribution in [1.82, 2.24) is 14.9 Å². The van der Waals surface area contributed by atoms with Gasteiger partial charge in [0.2, 0.25) is 5.91 Å². The van der Waals surface area contributed by atoms with E-state index >= 15 is 0 Å². The summed E-state index contributed by atoms with van der Waals surface area (Å²) in [7, 11) is 0. The third-order valence-corrected chi connectivity index (χ3v) is 3.62. The van der Waals surface area contributed by atoms with Crippen LogP contribution in [0.3, 0.4) is 0 Å². The van der Waals surface area contributed by atoms with Crippen molar-refractivity contribution in [3.8, 4) is 0 Å². The Labute approximate surface area is 134 Å². The number of anilines is 1. The molecule has 0 spiro atoms. The highest BCUT2D eigenvalue weighted by molar-refractivity contribution is 5.91. The minimum atomic E-state index is -0.0845. The second-order valence-corrected chi connectivity index (χ2v) is 5.41. The molecule has 3 aromatic rings. The highest BCUT2D eigenvalue weighted by Crippen LogP contribution is 2.14. The molecule has 1 aromatic carbocycles. The van der Waals surface area contributed by atoms with Gasteiger partial charge in [0.25, 0.3) is 0 Å². The van der Waals surface area contributed by atoms with Crippen LogP contribution in [-0.4, -0.2) is 20.8 Å². The van der Waals surface area contributed by atoms with Crippen LogP contribution < -0.4 is 5.32 Å². The second-order valence-electron chi connectivity index (χ2n) is 5.41. The summed E-state index contributed by atoms with van der Waals surface area (Å²) in [4.78, 5) is 12.0. The molecule has 0 bridgehead atoms. The van der Waals surface area contributed by atoms with E-state index in [9.17, 15) is 4.79 Å². The van der Waals surface area contributed by atoms with E-state index in [-0.39, 0.29) is 5.91 Å². The molecule has 2 heterocycles. The predicted octanol–water partition coefficient (Wildman–Crippen LogP) is 2.72. The van der Waals surface area contributed by atoms with Crippen LogP contribution in [0.1, 0.15) is 22.6 Å².